The van der Waals surface area contributed by atoms with Crippen LogP contribution in [0.15, 0.2) is 18.2 Å². The lowest BCUT2D eigenvalue weighted by atomic mass is 10.0. The molecule has 2 rings (SSSR count). The van der Waals surface area contributed by atoms with Crippen molar-refractivity contribution in [2.75, 3.05) is 0 Å². The molecule has 1 fully saturated rings. The zero-order chi connectivity index (χ0) is 10.8. The number of aliphatic hydroxyl groups is 1. The Morgan fingerprint density at radius 1 is 1.47 bits per heavy atom. The van der Waals surface area contributed by atoms with Crippen molar-refractivity contribution in [3.63, 3.8) is 0 Å². The van der Waals surface area contributed by atoms with E-state index in [0.29, 0.717) is 10.9 Å². The Hall–Kier alpha value is -0.600. The molecule has 1 unspecified atom stereocenters. The lowest BCUT2D eigenvalue weighted by Gasteiger charge is -2.09. The number of hydrogen-bond donors (Lipinski definition) is 1. The third-order valence-electron chi connectivity index (χ3n) is 2.89. The zero-order valence-electron chi connectivity index (χ0n) is 8.42. The Balaban J connectivity index is 1.92. The normalized spacial score (nSPS) is 17.8. The molecule has 82 valence electrons. The molecule has 1 nitrogen and oxygen atoms in total. The Morgan fingerprint density at radius 2 is 2.20 bits per heavy atom. The highest BCUT2D eigenvalue weighted by Crippen LogP contribution is 2.34. The summed E-state index contributed by atoms with van der Waals surface area (Å²) < 4.78 is 12.8. The Bertz CT molecular complexity index is 349. The first kappa shape index (κ1) is 10.9. The Kier molecular flexibility index (Phi) is 3.27. The zero-order valence-corrected chi connectivity index (χ0v) is 9.17. The van der Waals surface area contributed by atoms with Crippen molar-refractivity contribution < 1.29 is 9.50 Å². The molecule has 1 aromatic carbocycles. The quantitative estimate of drug-likeness (QED) is 0.839. The van der Waals surface area contributed by atoms with E-state index >= 15 is 0 Å². The topological polar surface area (TPSA) is 20.2 Å². The summed E-state index contributed by atoms with van der Waals surface area (Å²) >= 11 is 5.89. The van der Waals surface area contributed by atoms with Gasteiger partial charge in [-0.1, -0.05) is 17.7 Å². The molecule has 0 aliphatic heterocycles. The fraction of sp³-hybridized carbons (Fsp3) is 0.500. The van der Waals surface area contributed by atoms with Crippen LogP contribution >= 0.6 is 11.6 Å². The van der Waals surface area contributed by atoms with Crippen LogP contribution in [0.3, 0.4) is 0 Å². The van der Waals surface area contributed by atoms with Crippen LogP contribution < -0.4 is 0 Å². The highest BCUT2D eigenvalue weighted by molar-refractivity contribution is 6.31. The van der Waals surface area contributed by atoms with Crippen LogP contribution in [0.5, 0.6) is 0 Å². The standard InChI is InChI=1S/C12H14ClFO/c13-11-7-10(14)5-3-8(11)4-6-12(15)9-1-2-9/h3,5,7,9,12,15H,1-2,4,6H2. The van der Waals surface area contributed by atoms with Crippen LogP contribution in [-0.2, 0) is 6.42 Å². The second kappa shape index (κ2) is 4.50. The van der Waals surface area contributed by atoms with Crippen LogP contribution in [0.4, 0.5) is 4.39 Å². The number of hydrogen-bond acceptors (Lipinski definition) is 1. The molecule has 0 amide bonds. The first-order valence-electron chi connectivity index (χ1n) is 5.29. The predicted octanol–water partition coefficient (Wildman–Crippen LogP) is 3.18. The van der Waals surface area contributed by atoms with E-state index in [4.69, 9.17) is 11.6 Å². The average molecular weight is 229 g/mol. The summed E-state index contributed by atoms with van der Waals surface area (Å²) in [6.07, 6.45) is 3.50. The number of halogens is 2. The number of benzene rings is 1. The van der Waals surface area contributed by atoms with Gasteiger partial charge in [-0.15, -0.1) is 0 Å². The van der Waals surface area contributed by atoms with Gasteiger partial charge in [0.2, 0.25) is 0 Å². The third-order valence-corrected chi connectivity index (χ3v) is 3.24. The molecule has 0 heterocycles. The van der Waals surface area contributed by atoms with Gasteiger partial charge in [-0.3, -0.25) is 0 Å². The van der Waals surface area contributed by atoms with Crippen LogP contribution in [-0.4, -0.2) is 11.2 Å². The van der Waals surface area contributed by atoms with Gasteiger partial charge in [0.15, 0.2) is 0 Å². The first-order valence-corrected chi connectivity index (χ1v) is 5.66. The minimum absolute atomic E-state index is 0.217. The summed E-state index contributed by atoms with van der Waals surface area (Å²) in [5.41, 5.74) is 0.915. The van der Waals surface area contributed by atoms with Crippen LogP contribution in [0.2, 0.25) is 5.02 Å². The van der Waals surface area contributed by atoms with Gasteiger partial charge in [-0.2, -0.15) is 0 Å². The average Bonchev–Trinajstić information content (AvgIpc) is 2.99. The predicted molar refractivity (Wildman–Crippen MR) is 58.5 cm³/mol. The lowest BCUT2D eigenvalue weighted by molar-refractivity contribution is 0.142. The molecule has 1 atom stereocenters. The van der Waals surface area contributed by atoms with Crippen molar-refractivity contribution in [2.45, 2.75) is 31.8 Å². The van der Waals surface area contributed by atoms with Crippen LogP contribution in [0.1, 0.15) is 24.8 Å². The molecule has 0 radical (unpaired) electrons. The van der Waals surface area contributed by atoms with Crippen LogP contribution in [0, 0.1) is 11.7 Å². The van der Waals surface area contributed by atoms with Crippen molar-refractivity contribution in [3.05, 3.63) is 34.6 Å². The van der Waals surface area contributed by atoms with E-state index in [0.717, 1.165) is 31.2 Å². The minimum Gasteiger partial charge on any atom is -0.393 e. The fourth-order valence-corrected chi connectivity index (χ4v) is 2.01. The molecule has 0 spiro atoms. The molecule has 0 aromatic heterocycles. The highest BCUT2D eigenvalue weighted by Gasteiger charge is 2.29. The highest BCUT2D eigenvalue weighted by atomic mass is 35.5. The van der Waals surface area contributed by atoms with E-state index in [2.05, 4.69) is 0 Å². The molecule has 1 saturated carbocycles. The number of aliphatic hydroxyl groups excluding tert-OH is 1. The summed E-state index contributed by atoms with van der Waals surface area (Å²) in [6, 6.07) is 4.42. The molecule has 1 N–H and O–H groups in total. The van der Waals surface area contributed by atoms with Gasteiger partial charge in [-0.05, 0) is 49.3 Å². The third kappa shape index (κ3) is 2.93. The SMILES string of the molecule is OC(CCc1ccc(F)cc1Cl)C1CC1. The smallest absolute Gasteiger partial charge is 0.124 e. The second-order valence-corrected chi connectivity index (χ2v) is 4.59. The van der Waals surface area contributed by atoms with E-state index in [-0.39, 0.29) is 11.9 Å². The Labute approximate surface area is 93.9 Å². The molecule has 0 bridgehead atoms. The van der Waals surface area contributed by atoms with E-state index in [1.54, 1.807) is 6.07 Å². The van der Waals surface area contributed by atoms with Gasteiger partial charge >= 0.3 is 0 Å². The maximum atomic E-state index is 12.8. The summed E-state index contributed by atoms with van der Waals surface area (Å²) in [6.45, 7) is 0. The molecule has 0 saturated heterocycles. The summed E-state index contributed by atoms with van der Waals surface area (Å²) in [4.78, 5) is 0. The summed E-state index contributed by atoms with van der Waals surface area (Å²) in [5.74, 6) is 0.177. The molecule has 1 aliphatic rings. The van der Waals surface area contributed by atoms with Crippen LogP contribution in [0.25, 0.3) is 0 Å². The summed E-state index contributed by atoms with van der Waals surface area (Å²) in [7, 11) is 0. The monoisotopic (exact) mass is 228 g/mol. The number of aryl methyl sites for hydroxylation is 1. The van der Waals surface area contributed by atoms with Crippen molar-refractivity contribution in [1.29, 1.82) is 0 Å². The van der Waals surface area contributed by atoms with Gasteiger partial charge < -0.3 is 5.11 Å². The van der Waals surface area contributed by atoms with Crippen molar-refractivity contribution in [1.82, 2.24) is 0 Å². The first-order chi connectivity index (χ1) is 7.16. The molecular weight excluding hydrogens is 215 g/mol. The number of rotatable bonds is 4. The fourth-order valence-electron chi connectivity index (χ4n) is 1.74. The van der Waals surface area contributed by atoms with Gasteiger partial charge in [0, 0.05) is 5.02 Å². The molecule has 1 aromatic rings. The van der Waals surface area contributed by atoms with Crippen molar-refractivity contribution in [2.24, 2.45) is 5.92 Å². The minimum atomic E-state index is -0.313. The van der Waals surface area contributed by atoms with Crippen molar-refractivity contribution >= 4 is 11.6 Å². The largest absolute Gasteiger partial charge is 0.393 e. The van der Waals surface area contributed by atoms with Gasteiger partial charge in [0.1, 0.15) is 5.82 Å². The molecule has 3 heteroatoms. The van der Waals surface area contributed by atoms with E-state index in [9.17, 15) is 9.50 Å². The van der Waals surface area contributed by atoms with Gasteiger partial charge in [0.05, 0.1) is 6.10 Å². The maximum absolute atomic E-state index is 12.8. The summed E-state index contributed by atoms with van der Waals surface area (Å²) in [5, 5.41) is 10.1. The molecule has 1 aliphatic carbocycles. The van der Waals surface area contributed by atoms with Gasteiger partial charge in [0.25, 0.3) is 0 Å². The second-order valence-electron chi connectivity index (χ2n) is 4.18. The molecule has 15 heavy (non-hydrogen) atoms. The van der Waals surface area contributed by atoms with Gasteiger partial charge in [-0.25, -0.2) is 4.39 Å². The van der Waals surface area contributed by atoms with E-state index in [1.807, 2.05) is 0 Å². The lowest BCUT2D eigenvalue weighted by Crippen LogP contribution is -2.10. The van der Waals surface area contributed by atoms with Crippen molar-refractivity contribution in [3.8, 4) is 0 Å². The molecular formula is C12H14ClFO. The van der Waals surface area contributed by atoms with E-state index in [1.165, 1.54) is 12.1 Å². The Morgan fingerprint density at radius 3 is 2.80 bits per heavy atom. The maximum Gasteiger partial charge on any atom is 0.124 e. The van der Waals surface area contributed by atoms with E-state index < -0.39 is 0 Å².